The van der Waals surface area contributed by atoms with Crippen LogP contribution in [0.3, 0.4) is 0 Å². The Balaban J connectivity index is 3.27. The zero-order valence-electron chi connectivity index (χ0n) is 8.36. The van der Waals surface area contributed by atoms with Crippen molar-refractivity contribution in [3.8, 4) is 0 Å². The van der Waals surface area contributed by atoms with E-state index in [1.165, 1.54) is 0 Å². The fourth-order valence-electron chi connectivity index (χ4n) is 1.02. The fourth-order valence-corrected chi connectivity index (χ4v) is 1.02. The normalized spacial score (nSPS) is 12.2. The number of aryl methyl sites for hydroxylation is 1. The number of rotatable bonds is 2. The van der Waals surface area contributed by atoms with Crippen LogP contribution in [-0.4, -0.2) is 9.55 Å². The Morgan fingerprint density at radius 3 is 2.85 bits per heavy atom. The summed E-state index contributed by atoms with van der Waals surface area (Å²) in [6.07, 6.45) is 3.32. The van der Waals surface area contributed by atoms with Gasteiger partial charge in [-0.3, -0.25) is 0 Å². The van der Waals surface area contributed by atoms with Gasteiger partial charge in [-0.05, 0) is 5.92 Å². The summed E-state index contributed by atoms with van der Waals surface area (Å²) in [6, 6.07) is 1.98. The molecule has 0 radical (unpaired) electrons. The van der Waals surface area contributed by atoms with E-state index in [4.69, 9.17) is 0 Å². The van der Waals surface area contributed by atoms with Gasteiger partial charge in [0.15, 0.2) is 0 Å². The molecule has 0 atom stereocenters. The minimum atomic E-state index is 0.431. The minimum Gasteiger partial charge on any atom is -0.320 e. The van der Waals surface area contributed by atoms with E-state index in [9.17, 15) is 0 Å². The van der Waals surface area contributed by atoms with Crippen molar-refractivity contribution in [2.75, 3.05) is 0 Å². The molecular formula is C10H15N3. The quantitative estimate of drug-likeness (QED) is 0.674. The monoisotopic (exact) mass is 177 g/mol. The summed E-state index contributed by atoms with van der Waals surface area (Å²) in [6.45, 7) is 7.79. The molecule has 3 nitrogen and oxygen atoms in total. The second kappa shape index (κ2) is 4.03. The molecule has 0 aliphatic rings. The van der Waals surface area contributed by atoms with E-state index in [1.54, 1.807) is 12.5 Å². The van der Waals surface area contributed by atoms with Gasteiger partial charge in [-0.25, -0.2) is 9.98 Å². The van der Waals surface area contributed by atoms with Crippen molar-refractivity contribution < 1.29 is 0 Å². The second-order valence-electron chi connectivity index (χ2n) is 3.25. The lowest BCUT2D eigenvalue weighted by atomic mass is 10.1. The van der Waals surface area contributed by atoms with Crippen molar-refractivity contribution in [2.24, 2.45) is 12.0 Å². The van der Waals surface area contributed by atoms with Gasteiger partial charge < -0.3 is 4.57 Å². The summed E-state index contributed by atoms with van der Waals surface area (Å²) in [5.41, 5.74) is 1.94. The lowest BCUT2D eigenvalue weighted by Gasteiger charge is -2.05. The molecule has 1 aromatic heterocycles. The van der Waals surface area contributed by atoms with Gasteiger partial charge in [-0.15, -0.1) is 0 Å². The SMILES string of the molecule is C=CN=c1cc(C(C)C)ncn1C. The van der Waals surface area contributed by atoms with E-state index in [0.717, 1.165) is 11.2 Å². The van der Waals surface area contributed by atoms with E-state index in [0.29, 0.717) is 5.92 Å². The molecule has 1 rings (SSSR count). The van der Waals surface area contributed by atoms with Gasteiger partial charge in [0.1, 0.15) is 5.49 Å². The highest BCUT2D eigenvalue weighted by Crippen LogP contribution is 2.06. The highest BCUT2D eigenvalue weighted by Gasteiger charge is 2.00. The third-order valence-electron chi connectivity index (χ3n) is 1.83. The van der Waals surface area contributed by atoms with Crippen LogP contribution in [0.15, 0.2) is 30.2 Å². The molecule has 0 N–H and O–H groups in total. The first-order valence-electron chi connectivity index (χ1n) is 4.32. The summed E-state index contributed by atoms with van der Waals surface area (Å²) >= 11 is 0. The Labute approximate surface area is 78.5 Å². The van der Waals surface area contributed by atoms with Crippen molar-refractivity contribution in [3.05, 3.63) is 36.4 Å². The zero-order valence-corrected chi connectivity index (χ0v) is 8.36. The van der Waals surface area contributed by atoms with Crippen molar-refractivity contribution in [1.29, 1.82) is 0 Å². The first-order valence-corrected chi connectivity index (χ1v) is 4.32. The Hall–Kier alpha value is -1.38. The first-order chi connectivity index (χ1) is 6.15. The molecule has 0 unspecified atom stereocenters. The zero-order chi connectivity index (χ0) is 9.84. The Bertz CT molecular complexity index is 361. The average Bonchev–Trinajstić information content (AvgIpc) is 2.08. The lowest BCUT2D eigenvalue weighted by molar-refractivity contribution is 0.743. The van der Waals surface area contributed by atoms with E-state index >= 15 is 0 Å². The number of nitrogens with zero attached hydrogens (tertiary/aromatic N) is 3. The Kier molecular flexibility index (Phi) is 3.01. The summed E-state index contributed by atoms with van der Waals surface area (Å²) in [4.78, 5) is 8.43. The molecule has 0 spiro atoms. The number of aromatic nitrogens is 2. The molecule has 70 valence electrons. The van der Waals surface area contributed by atoms with Crippen LogP contribution in [-0.2, 0) is 7.05 Å². The van der Waals surface area contributed by atoms with Gasteiger partial charge in [0.05, 0.1) is 6.33 Å². The summed E-state index contributed by atoms with van der Waals surface area (Å²) in [5.74, 6) is 0.431. The van der Waals surface area contributed by atoms with Gasteiger partial charge in [0, 0.05) is 25.0 Å². The molecule has 0 bridgehead atoms. The third-order valence-corrected chi connectivity index (χ3v) is 1.83. The minimum absolute atomic E-state index is 0.431. The fraction of sp³-hybridized carbons (Fsp3) is 0.400. The number of hydrogen-bond acceptors (Lipinski definition) is 2. The van der Waals surface area contributed by atoms with E-state index < -0.39 is 0 Å². The van der Waals surface area contributed by atoms with Crippen LogP contribution in [0.4, 0.5) is 0 Å². The molecule has 0 saturated heterocycles. The Morgan fingerprint density at radius 1 is 1.62 bits per heavy atom. The van der Waals surface area contributed by atoms with Crippen LogP contribution in [0.2, 0.25) is 0 Å². The largest absolute Gasteiger partial charge is 0.320 e. The van der Waals surface area contributed by atoms with Crippen LogP contribution in [0, 0.1) is 0 Å². The highest BCUT2D eigenvalue weighted by atomic mass is 15.0. The smallest absolute Gasteiger partial charge is 0.135 e. The summed E-state index contributed by atoms with van der Waals surface area (Å²) in [7, 11) is 1.92. The summed E-state index contributed by atoms with van der Waals surface area (Å²) < 4.78 is 1.87. The molecular weight excluding hydrogens is 162 g/mol. The maximum atomic E-state index is 4.29. The van der Waals surface area contributed by atoms with Crippen LogP contribution in [0.1, 0.15) is 25.5 Å². The molecule has 1 aromatic rings. The number of hydrogen-bond donors (Lipinski definition) is 0. The molecule has 13 heavy (non-hydrogen) atoms. The topological polar surface area (TPSA) is 30.2 Å². The molecule has 0 aliphatic heterocycles. The molecule has 0 fully saturated rings. The van der Waals surface area contributed by atoms with Crippen LogP contribution >= 0.6 is 0 Å². The molecule has 0 amide bonds. The van der Waals surface area contributed by atoms with E-state index in [2.05, 4.69) is 30.4 Å². The molecule has 0 aliphatic carbocycles. The van der Waals surface area contributed by atoms with Crippen LogP contribution in [0.25, 0.3) is 0 Å². The summed E-state index contributed by atoms with van der Waals surface area (Å²) in [5, 5.41) is 0. The van der Waals surface area contributed by atoms with Gasteiger partial charge >= 0.3 is 0 Å². The molecule has 1 heterocycles. The average molecular weight is 177 g/mol. The van der Waals surface area contributed by atoms with Gasteiger partial charge in [-0.1, -0.05) is 20.4 Å². The van der Waals surface area contributed by atoms with Crippen LogP contribution in [0.5, 0.6) is 0 Å². The van der Waals surface area contributed by atoms with Gasteiger partial charge in [-0.2, -0.15) is 0 Å². The maximum Gasteiger partial charge on any atom is 0.135 e. The standard InChI is InChI=1S/C10H15N3/c1-5-11-10-6-9(8(2)3)12-7-13(10)4/h5-8H,1H2,2-4H3. The highest BCUT2D eigenvalue weighted by molar-refractivity contribution is 5.03. The van der Waals surface area contributed by atoms with Crippen molar-refractivity contribution in [3.63, 3.8) is 0 Å². The molecule has 3 heteroatoms. The second-order valence-corrected chi connectivity index (χ2v) is 3.25. The van der Waals surface area contributed by atoms with E-state index in [-0.39, 0.29) is 0 Å². The lowest BCUT2D eigenvalue weighted by Crippen LogP contribution is -2.19. The van der Waals surface area contributed by atoms with Crippen molar-refractivity contribution >= 4 is 0 Å². The molecule has 0 aromatic carbocycles. The van der Waals surface area contributed by atoms with Crippen molar-refractivity contribution in [1.82, 2.24) is 9.55 Å². The maximum absolute atomic E-state index is 4.29. The van der Waals surface area contributed by atoms with Crippen molar-refractivity contribution in [2.45, 2.75) is 19.8 Å². The molecule has 0 saturated carbocycles. The van der Waals surface area contributed by atoms with Crippen LogP contribution < -0.4 is 5.49 Å². The predicted octanol–water partition coefficient (Wildman–Crippen LogP) is 1.59. The first kappa shape index (κ1) is 9.71. The third kappa shape index (κ3) is 2.28. The van der Waals surface area contributed by atoms with Gasteiger partial charge in [0.2, 0.25) is 0 Å². The van der Waals surface area contributed by atoms with E-state index in [1.807, 2.05) is 17.7 Å². The Morgan fingerprint density at radius 2 is 2.31 bits per heavy atom. The van der Waals surface area contributed by atoms with Gasteiger partial charge in [0.25, 0.3) is 0 Å². The predicted molar refractivity (Wildman–Crippen MR) is 53.1 cm³/mol.